The highest BCUT2D eigenvalue weighted by Crippen LogP contribution is 1.96. The van der Waals surface area contributed by atoms with Gasteiger partial charge in [-0.05, 0) is 0 Å². The molecule has 64 valence electrons. The second-order valence-electron chi connectivity index (χ2n) is 2.22. The zero-order valence-corrected chi connectivity index (χ0v) is 6.17. The Labute approximate surface area is 65.0 Å². The summed E-state index contributed by atoms with van der Waals surface area (Å²) in [7, 11) is 0. The van der Waals surface area contributed by atoms with Crippen LogP contribution in [-0.4, -0.2) is 28.8 Å². The third-order valence-electron chi connectivity index (χ3n) is 0.999. The van der Waals surface area contributed by atoms with Crippen LogP contribution in [-0.2, 0) is 0 Å². The van der Waals surface area contributed by atoms with E-state index in [0.29, 0.717) is 0 Å². The number of aliphatic hydroxyl groups is 2. The van der Waals surface area contributed by atoms with Crippen molar-refractivity contribution in [3.05, 3.63) is 12.3 Å². The molecule has 11 heavy (non-hydrogen) atoms. The average molecular weight is 159 g/mol. The van der Waals surface area contributed by atoms with E-state index in [4.69, 9.17) is 21.4 Å². The molecule has 5 heteroatoms. The first-order valence-corrected chi connectivity index (χ1v) is 3.15. The molecule has 0 saturated heterocycles. The third kappa shape index (κ3) is 6.66. The molecule has 5 nitrogen and oxygen atoms in total. The number of guanidine groups is 1. The van der Waals surface area contributed by atoms with E-state index in [0.717, 1.165) is 0 Å². The van der Waals surface area contributed by atoms with Crippen molar-refractivity contribution in [1.29, 1.82) is 5.41 Å². The lowest BCUT2D eigenvalue weighted by Crippen LogP contribution is -2.36. The Bertz CT molecular complexity index is 158. The molecule has 0 rings (SSSR count). The number of aliphatic hydroxyl groups excluding tert-OH is 2. The highest BCUT2D eigenvalue weighted by molar-refractivity contribution is 5.74. The standard InChI is InChI=1S/C6H13N3O2/c1-4(10)2-5(11)3-9-6(7)8/h5,10-11H,1-3H2,(H4,7,8,9). The van der Waals surface area contributed by atoms with Crippen molar-refractivity contribution in [3.8, 4) is 0 Å². The molecular weight excluding hydrogens is 146 g/mol. The van der Waals surface area contributed by atoms with Gasteiger partial charge in [-0.2, -0.15) is 0 Å². The second-order valence-corrected chi connectivity index (χ2v) is 2.22. The second kappa shape index (κ2) is 4.56. The quantitative estimate of drug-likeness (QED) is 0.212. The SMILES string of the molecule is C=C(O)CC(O)CNC(=N)N. The fourth-order valence-electron chi connectivity index (χ4n) is 0.572. The van der Waals surface area contributed by atoms with Gasteiger partial charge in [-0.1, -0.05) is 6.58 Å². The van der Waals surface area contributed by atoms with Crippen LogP contribution >= 0.6 is 0 Å². The van der Waals surface area contributed by atoms with Crippen LogP contribution in [0.3, 0.4) is 0 Å². The van der Waals surface area contributed by atoms with Gasteiger partial charge in [-0.15, -0.1) is 0 Å². The van der Waals surface area contributed by atoms with Crippen LogP contribution in [0.4, 0.5) is 0 Å². The maximum atomic E-state index is 9.03. The average Bonchev–Trinajstić information content (AvgIpc) is 1.82. The molecule has 0 aromatic carbocycles. The van der Waals surface area contributed by atoms with Crippen molar-refractivity contribution in [2.24, 2.45) is 5.73 Å². The first-order valence-electron chi connectivity index (χ1n) is 3.15. The molecule has 0 aliphatic heterocycles. The van der Waals surface area contributed by atoms with Crippen LogP contribution in [0.25, 0.3) is 0 Å². The Morgan fingerprint density at radius 3 is 2.64 bits per heavy atom. The van der Waals surface area contributed by atoms with Gasteiger partial charge in [-0.25, -0.2) is 0 Å². The molecule has 6 N–H and O–H groups in total. The number of nitrogens with one attached hydrogen (secondary N) is 2. The van der Waals surface area contributed by atoms with Crippen LogP contribution in [0.15, 0.2) is 12.3 Å². The Morgan fingerprint density at radius 2 is 2.27 bits per heavy atom. The smallest absolute Gasteiger partial charge is 0.185 e. The lowest BCUT2D eigenvalue weighted by Gasteiger charge is -2.09. The predicted molar refractivity (Wildman–Crippen MR) is 42.3 cm³/mol. The molecule has 0 fully saturated rings. The fraction of sp³-hybridized carbons (Fsp3) is 0.500. The van der Waals surface area contributed by atoms with Crippen LogP contribution in [0.2, 0.25) is 0 Å². The van der Waals surface area contributed by atoms with E-state index in [1.54, 1.807) is 0 Å². The molecule has 0 aromatic heterocycles. The number of nitrogens with two attached hydrogens (primary N) is 1. The highest BCUT2D eigenvalue weighted by atomic mass is 16.3. The third-order valence-corrected chi connectivity index (χ3v) is 0.999. The maximum Gasteiger partial charge on any atom is 0.185 e. The number of rotatable bonds is 4. The van der Waals surface area contributed by atoms with Gasteiger partial charge >= 0.3 is 0 Å². The minimum atomic E-state index is -0.753. The summed E-state index contributed by atoms with van der Waals surface area (Å²) >= 11 is 0. The number of hydrogen-bond acceptors (Lipinski definition) is 3. The zero-order chi connectivity index (χ0) is 8.85. The van der Waals surface area contributed by atoms with Crippen molar-refractivity contribution >= 4 is 5.96 Å². The molecule has 1 unspecified atom stereocenters. The molecule has 0 aliphatic rings. The summed E-state index contributed by atoms with van der Waals surface area (Å²) in [6, 6.07) is 0. The van der Waals surface area contributed by atoms with Gasteiger partial charge in [0.15, 0.2) is 5.96 Å². The Morgan fingerprint density at radius 1 is 1.73 bits per heavy atom. The molecule has 0 amide bonds. The van der Waals surface area contributed by atoms with Crippen molar-refractivity contribution in [2.45, 2.75) is 12.5 Å². The lowest BCUT2D eigenvalue weighted by atomic mass is 10.2. The summed E-state index contributed by atoms with van der Waals surface area (Å²) in [5.74, 6) is -0.282. The molecule has 0 heterocycles. The van der Waals surface area contributed by atoms with Gasteiger partial charge < -0.3 is 21.3 Å². The van der Waals surface area contributed by atoms with Crippen molar-refractivity contribution < 1.29 is 10.2 Å². The minimum absolute atomic E-state index is 0.0807. The van der Waals surface area contributed by atoms with Crippen LogP contribution in [0.5, 0.6) is 0 Å². The van der Waals surface area contributed by atoms with E-state index in [1.807, 2.05) is 0 Å². The van der Waals surface area contributed by atoms with Gasteiger partial charge in [0, 0.05) is 13.0 Å². The largest absolute Gasteiger partial charge is 0.513 e. The maximum absolute atomic E-state index is 9.03. The minimum Gasteiger partial charge on any atom is -0.513 e. The normalized spacial score (nSPS) is 12.1. The summed E-state index contributed by atoms with van der Waals surface area (Å²) < 4.78 is 0. The Balaban J connectivity index is 3.44. The van der Waals surface area contributed by atoms with Crippen LogP contribution in [0, 0.1) is 5.41 Å². The summed E-state index contributed by atoms with van der Waals surface area (Å²) in [6.07, 6.45) is -0.656. The van der Waals surface area contributed by atoms with Gasteiger partial charge in [0.1, 0.15) is 0 Å². The van der Waals surface area contributed by atoms with E-state index in [1.165, 1.54) is 0 Å². The van der Waals surface area contributed by atoms with E-state index in [-0.39, 0.29) is 24.7 Å². The highest BCUT2D eigenvalue weighted by Gasteiger charge is 2.04. The molecule has 0 spiro atoms. The first-order chi connectivity index (χ1) is 5.02. The summed E-state index contributed by atoms with van der Waals surface area (Å²) in [5.41, 5.74) is 4.95. The topological polar surface area (TPSA) is 102 Å². The molecule has 0 aromatic rings. The summed E-state index contributed by atoms with van der Waals surface area (Å²) in [5, 5.41) is 26.8. The van der Waals surface area contributed by atoms with E-state index >= 15 is 0 Å². The molecule has 0 bridgehead atoms. The monoisotopic (exact) mass is 159 g/mol. The van der Waals surface area contributed by atoms with Crippen LogP contribution < -0.4 is 11.1 Å². The summed E-state index contributed by atoms with van der Waals surface area (Å²) in [4.78, 5) is 0. The van der Waals surface area contributed by atoms with E-state index in [9.17, 15) is 0 Å². The van der Waals surface area contributed by atoms with Crippen LogP contribution in [0.1, 0.15) is 6.42 Å². The van der Waals surface area contributed by atoms with Crippen molar-refractivity contribution in [1.82, 2.24) is 5.32 Å². The lowest BCUT2D eigenvalue weighted by molar-refractivity contribution is 0.161. The van der Waals surface area contributed by atoms with Crippen molar-refractivity contribution in [3.63, 3.8) is 0 Å². The van der Waals surface area contributed by atoms with E-state index in [2.05, 4.69) is 11.9 Å². The molecule has 0 saturated carbocycles. The Kier molecular flexibility index (Phi) is 4.05. The van der Waals surface area contributed by atoms with Gasteiger partial charge in [0.25, 0.3) is 0 Å². The number of hydrogen-bond donors (Lipinski definition) is 5. The zero-order valence-electron chi connectivity index (χ0n) is 6.17. The fourth-order valence-corrected chi connectivity index (χ4v) is 0.572. The van der Waals surface area contributed by atoms with E-state index < -0.39 is 6.10 Å². The summed E-state index contributed by atoms with van der Waals surface area (Å²) in [6.45, 7) is 3.35. The molecule has 1 atom stereocenters. The van der Waals surface area contributed by atoms with Gasteiger partial charge in [0.05, 0.1) is 11.9 Å². The van der Waals surface area contributed by atoms with Gasteiger partial charge in [-0.3, -0.25) is 5.41 Å². The molecule has 0 aliphatic carbocycles. The van der Waals surface area contributed by atoms with Crippen molar-refractivity contribution in [2.75, 3.05) is 6.54 Å². The first kappa shape index (κ1) is 9.77. The van der Waals surface area contributed by atoms with Gasteiger partial charge in [0.2, 0.25) is 0 Å². The Hall–Kier alpha value is -1.23. The molecular formula is C6H13N3O2. The predicted octanol–water partition coefficient (Wildman–Crippen LogP) is -0.708. The molecule has 0 radical (unpaired) electrons.